The highest BCUT2D eigenvalue weighted by Gasteiger charge is 2.48. The Bertz CT molecular complexity index is 536. The van der Waals surface area contributed by atoms with Crippen LogP contribution in [0.15, 0.2) is 0 Å². The van der Waals surface area contributed by atoms with Gasteiger partial charge in [-0.15, -0.1) is 0 Å². The van der Waals surface area contributed by atoms with Crippen molar-refractivity contribution in [2.75, 3.05) is 39.5 Å². The van der Waals surface area contributed by atoms with Gasteiger partial charge < -0.3 is 9.47 Å². The minimum atomic E-state index is -4.17. The fraction of sp³-hybridized carbons (Fsp3) is 0.944. The van der Waals surface area contributed by atoms with Crippen molar-refractivity contribution in [3.05, 3.63) is 0 Å². The summed E-state index contributed by atoms with van der Waals surface area (Å²) < 4.78 is 60.2. The Hall–Kier alpha value is -0.750. The van der Waals surface area contributed by atoms with Crippen molar-refractivity contribution in [2.24, 2.45) is 5.92 Å². The molecule has 1 atom stereocenters. The quantitative estimate of drug-likeness (QED) is 0.307. The van der Waals surface area contributed by atoms with E-state index >= 15 is 0 Å². The lowest BCUT2D eigenvalue weighted by molar-refractivity contribution is -0.145. The summed E-state index contributed by atoms with van der Waals surface area (Å²) in [5.41, 5.74) is 1.67. The first-order valence-corrected chi connectivity index (χ1v) is 11.2. The van der Waals surface area contributed by atoms with Crippen LogP contribution < -0.4 is 5.48 Å². The van der Waals surface area contributed by atoms with E-state index in [1.54, 1.807) is 5.48 Å². The Labute approximate surface area is 171 Å². The van der Waals surface area contributed by atoms with Gasteiger partial charge in [0.2, 0.25) is 0 Å². The van der Waals surface area contributed by atoms with Crippen molar-refractivity contribution in [1.29, 1.82) is 0 Å². The lowest BCUT2D eigenvalue weighted by atomic mass is 9.92. The highest BCUT2D eigenvalue weighted by atomic mass is 32.2. The monoisotopic (exact) mass is 444 g/mol. The number of alkyl halides is 3. The van der Waals surface area contributed by atoms with E-state index in [1.807, 2.05) is 4.31 Å². The minimum absolute atomic E-state index is 0.290. The summed E-state index contributed by atoms with van der Waals surface area (Å²) in [4.78, 5) is 12.2. The number of unbranched alkanes of at least 4 members (excludes halogenated alkanes) is 1. The van der Waals surface area contributed by atoms with Gasteiger partial charge >= 0.3 is 6.18 Å². The fourth-order valence-electron chi connectivity index (χ4n) is 3.82. The average Bonchev–Trinajstić information content (AvgIpc) is 2.72. The maximum atomic E-state index is 13.1. The smallest absolute Gasteiger partial charge is 0.381 e. The van der Waals surface area contributed by atoms with Gasteiger partial charge in [-0.3, -0.25) is 10.0 Å². The highest BCUT2D eigenvalue weighted by molar-refractivity contribution is 7.85. The first kappa shape index (κ1) is 24.5. The van der Waals surface area contributed by atoms with Gasteiger partial charge in [0.15, 0.2) is 0 Å². The van der Waals surface area contributed by atoms with E-state index in [0.29, 0.717) is 51.7 Å². The maximum Gasteiger partial charge on any atom is 0.391 e. The number of piperidine rings is 1. The standard InChI is InChI=1S/C18H31F3N2O5S/c19-18(20,21)8-14-27-11-2-1-3-15-4-9-23(10-5-15)29(26)17(16(24)22-25)6-12-28-13-7-17/h15,25H,1-14H2,(H,22,24). The first-order valence-electron chi connectivity index (χ1n) is 10.1. The molecule has 0 aromatic carbocycles. The molecule has 0 bridgehead atoms. The predicted molar refractivity (Wildman–Crippen MR) is 100 cm³/mol. The zero-order valence-electron chi connectivity index (χ0n) is 16.5. The Morgan fingerprint density at radius 2 is 1.86 bits per heavy atom. The van der Waals surface area contributed by atoms with Crippen molar-refractivity contribution in [1.82, 2.24) is 9.79 Å². The van der Waals surface area contributed by atoms with Gasteiger partial charge in [-0.1, -0.05) is 12.8 Å². The molecule has 29 heavy (non-hydrogen) atoms. The minimum Gasteiger partial charge on any atom is -0.381 e. The lowest BCUT2D eigenvalue weighted by Crippen LogP contribution is -2.57. The van der Waals surface area contributed by atoms with E-state index in [1.165, 1.54) is 0 Å². The third-order valence-electron chi connectivity index (χ3n) is 5.64. The average molecular weight is 445 g/mol. The van der Waals surface area contributed by atoms with Gasteiger partial charge in [-0.2, -0.15) is 13.2 Å². The molecule has 11 heteroatoms. The molecule has 0 aliphatic carbocycles. The summed E-state index contributed by atoms with van der Waals surface area (Å²) in [6, 6.07) is 0. The number of carbonyl (C=O) groups excluding carboxylic acids is 1. The molecule has 0 aromatic rings. The molecule has 2 heterocycles. The van der Waals surface area contributed by atoms with E-state index < -0.39 is 34.2 Å². The summed E-state index contributed by atoms with van der Waals surface area (Å²) in [6.45, 7) is 1.93. The number of carbonyl (C=O) groups is 1. The molecule has 2 aliphatic rings. The van der Waals surface area contributed by atoms with Crippen molar-refractivity contribution >= 4 is 16.9 Å². The van der Waals surface area contributed by atoms with Crippen LogP contribution in [0.4, 0.5) is 13.2 Å². The van der Waals surface area contributed by atoms with Gasteiger partial charge in [-0.25, -0.2) is 14.0 Å². The van der Waals surface area contributed by atoms with E-state index in [-0.39, 0.29) is 6.61 Å². The fourth-order valence-corrected chi connectivity index (χ4v) is 5.58. The molecule has 170 valence electrons. The number of hydrogen-bond acceptors (Lipinski definition) is 5. The summed E-state index contributed by atoms with van der Waals surface area (Å²) >= 11 is 0. The molecule has 1 amide bonds. The molecule has 2 N–H and O–H groups in total. The predicted octanol–water partition coefficient (Wildman–Crippen LogP) is 2.56. The Morgan fingerprint density at radius 3 is 2.45 bits per heavy atom. The molecule has 2 rings (SSSR count). The van der Waals surface area contributed by atoms with Gasteiger partial charge in [0.1, 0.15) is 15.7 Å². The molecular weight excluding hydrogens is 413 g/mol. The van der Waals surface area contributed by atoms with Gasteiger partial charge in [-0.05, 0) is 38.0 Å². The number of hydrogen-bond donors (Lipinski definition) is 2. The Morgan fingerprint density at radius 1 is 1.21 bits per heavy atom. The molecule has 0 saturated carbocycles. The van der Waals surface area contributed by atoms with Crippen LogP contribution in [0.2, 0.25) is 0 Å². The van der Waals surface area contributed by atoms with E-state index in [4.69, 9.17) is 14.7 Å². The summed E-state index contributed by atoms with van der Waals surface area (Å²) in [5, 5.41) is 9.10. The molecular formula is C18H31F3N2O5S. The van der Waals surface area contributed by atoms with Gasteiger partial charge in [0, 0.05) is 32.9 Å². The summed E-state index contributed by atoms with van der Waals surface area (Å²) in [5.74, 6) is -0.150. The van der Waals surface area contributed by atoms with E-state index in [9.17, 15) is 22.2 Å². The van der Waals surface area contributed by atoms with Crippen LogP contribution in [0, 0.1) is 5.92 Å². The second-order valence-corrected chi connectivity index (χ2v) is 9.44. The third kappa shape index (κ3) is 7.46. The number of nitrogens with one attached hydrogen (secondary N) is 1. The summed E-state index contributed by atoms with van der Waals surface area (Å²) in [6.07, 6.45) is -0.195. The molecule has 0 aromatic heterocycles. The van der Waals surface area contributed by atoms with Crippen LogP contribution in [-0.2, 0) is 25.3 Å². The molecule has 1 unspecified atom stereocenters. The van der Waals surface area contributed by atoms with Gasteiger partial charge in [0.25, 0.3) is 5.91 Å². The van der Waals surface area contributed by atoms with Crippen molar-refractivity contribution in [3.63, 3.8) is 0 Å². The topological polar surface area (TPSA) is 88.1 Å². The SMILES string of the molecule is O=C(NO)C1(S(=O)N2CCC(CCCCOCCC(F)(F)F)CC2)CCOCC1. The van der Waals surface area contributed by atoms with Crippen LogP contribution in [0.5, 0.6) is 0 Å². The van der Waals surface area contributed by atoms with Crippen LogP contribution in [0.3, 0.4) is 0 Å². The van der Waals surface area contributed by atoms with Crippen LogP contribution >= 0.6 is 0 Å². The van der Waals surface area contributed by atoms with Crippen LogP contribution in [0.1, 0.15) is 51.4 Å². The number of ether oxygens (including phenoxy) is 2. The van der Waals surface area contributed by atoms with Gasteiger partial charge in [0.05, 0.1) is 13.0 Å². The zero-order valence-corrected chi connectivity index (χ0v) is 17.4. The number of halogens is 3. The first-order chi connectivity index (χ1) is 13.8. The molecule has 2 saturated heterocycles. The van der Waals surface area contributed by atoms with Crippen molar-refractivity contribution in [3.8, 4) is 0 Å². The summed E-state index contributed by atoms with van der Waals surface area (Å²) in [7, 11) is -1.55. The maximum absolute atomic E-state index is 13.1. The highest BCUT2D eigenvalue weighted by Crippen LogP contribution is 2.33. The third-order valence-corrected chi connectivity index (χ3v) is 7.74. The van der Waals surface area contributed by atoms with E-state index in [2.05, 4.69) is 0 Å². The zero-order chi connectivity index (χ0) is 21.3. The lowest BCUT2D eigenvalue weighted by Gasteiger charge is -2.40. The normalized spacial score (nSPS) is 22.3. The molecule has 7 nitrogen and oxygen atoms in total. The largest absolute Gasteiger partial charge is 0.391 e. The molecule has 0 spiro atoms. The molecule has 2 fully saturated rings. The molecule has 0 radical (unpaired) electrons. The number of amides is 1. The number of nitrogens with zero attached hydrogens (tertiary/aromatic N) is 1. The Kier molecular flexibility index (Phi) is 9.80. The van der Waals surface area contributed by atoms with Crippen LogP contribution in [-0.4, -0.2) is 70.1 Å². The van der Waals surface area contributed by atoms with Crippen LogP contribution in [0.25, 0.3) is 0 Å². The van der Waals surface area contributed by atoms with E-state index in [0.717, 1.165) is 32.1 Å². The van der Waals surface area contributed by atoms with Crippen molar-refractivity contribution < 1.29 is 36.9 Å². The number of hydroxylamine groups is 1. The second-order valence-electron chi connectivity index (χ2n) is 7.64. The number of rotatable bonds is 10. The molecule has 2 aliphatic heterocycles. The van der Waals surface area contributed by atoms with Crippen molar-refractivity contribution in [2.45, 2.75) is 62.3 Å². The Balaban J connectivity index is 1.67. The second kappa shape index (κ2) is 11.6.